The van der Waals surface area contributed by atoms with Gasteiger partial charge in [-0.3, -0.25) is 0 Å². The molecule has 4 aromatic rings. The first-order valence-electron chi connectivity index (χ1n) is 10.9. The average Bonchev–Trinajstić information content (AvgIpc) is 3.30. The molecule has 3 nitrogen and oxygen atoms in total. The van der Waals surface area contributed by atoms with Crippen LogP contribution in [0.15, 0.2) is 54.3 Å². The van der Waals surface area contributed by atoms with Crippen molar-refractivity contribution in [3.63, 3.8) is 0 Å². The zero-order valence-corrected chi connectivity index (χ0v) is 17.3. The minimum absolute atomic E-state index is 0.335. The highest BCUT2D eigenvalue weighted by Crippen LogP contribution is 2.47. The predicted octanol–water partition coefficient (Wildman–Crippen LogP) is 6.43. The number of aromatic nitrogens is 2. The van der Waals surface area contributed by atoms with Crippen molar-refractivity contribution in [1.29, 1.82) is 0 Å². The molecule has 2 saturated carbocycles. The Labute approximate surface area is 175 Å². The zero-order chi connectivity index (χ0) is 19.4. The summed E-state index contributed by atoms with van der Waals surface area (Å²) in [4.78, 5) is 4.34. The molecule has 0 radical (unpaired) electrons. The number of pyridine rings is 1. The van der Waals surface area contributed by atoms with Crippen LogP contribution in [0.25, 0.3) is 15.6 Å². The quantitative estimate of drug-likeness (QED) is 0.427. The van der Waals surface area contributed by atoms with Gasteiger partial charge in [0.25, 0.3) is 0 Å². The molecule has 6 rings (SSSR count). The normalized spacial score (nSPS) is 23.6. The summed E-state index contributed by atoms with van der Waals surface area (Å²) in [5.74, 6) is 1.58. The summed E-state index contributed by atoms with van der Waals surface area (Å²) in [6.07, 6.45) is 10.4. The third-order valence-electron chi connectivity index (χ3n) is 7.12. The summed E-state index contributed by atoms with van der Waals surface area (Å²) < 4.78 is 3.53. The van der Waals surface area contributed by atoms with Crippen molar-refractivity contribution in [2.75, 3.05) is 0 Å². The van der Waals surface area contributed by atoms with E-state index in [4.69, 9.17) is 0 Å². The van der Waals surface area contributed by atoms with Crippen LogP contribution in [0.5, 0.6) is 0 Å². The number of hydrogen-bond acceptors (Lipinski definition) is 3. The molecule has 4 heteroatoms. The summed E-state index contributed by atoms with van der Waals surface area (Å²) in [7, 11) is 0. The lowest BCUT2D eigenvalue weighted by atomic mass is 9.75. The fourth-order valence-electron chi connectivity index (χ4n) is 5.30. The van der Waals surface area contributed by atoms with Crippen molar-refractivity contribution in [3.05, 3.63) is 71.1 Å². The van der Waals surface area contributed by atoms with Crippen LogP contribution in [0.3, 0.4) is 0 Å². The molecule has 0 unspecified atom stereocenters. The van der Waals surface area contributed by atoms with Gasteiger partial charge >= 0.3 is 0 Å². The third kappa shape index (κ3) is 3.10. The van der Waals surface area contributed by atoms with Crippen LogP contribution in [0.1, 0.15) is 73.3 Å². The number of hydrogen-bond donors (Lipinski definition) is 1. The van der Waals surface area contributed by atoms with E-state index in [1.165, 1.54) is 34.1 Å². The lowest BCUT2D eigenvalue weighted by Crippen LogP contribution is -2.22. The molecule has 3 heterocycles. The maximum atomic E-state index is 11.4. The first-order chi connectivity index (χ1) is 14.3. The van der Waals surface area contributed by atoms with E-state index in [0.29, 0.717) is 17.8 Å². The SMILES string of the molecule is O[C@@H](c1c(C2CC2)ccc2cncn12)[C@H]1CC[C@H](c2ccc3ccsc3c2)CC1. The van der Waals surface area contributed by atoms with E-state index in [1.54, 1.807) is 0 Å². The van der Waals surface area contributed by atoms with Gasteiger partial charge in [-0.05, 0) is 96.4 Å². The molecule has 0 saturated heterocycles. The molecule has 0 aliphatic heterocycles. The second kappa shape index (κ2) is 6.96. The summed E-state index contributed by atoms with van der Waals surface area (Å²) in [6, 6.07) is 13.5. The molecule has 1 N–H and O–H groups in total. The van der Waals surface area contributed by atoms with Gasteiger partial charge in [-0.25, -0.2) is 4.98 Å². The van der Waals surface area contributed by atoms with Crippen LogP contribution in [0, 0.1) is 5.92 Å². The molecular formula is C25H26N2OS. The van der Waals surface area contributed by atoms with Crippen LogP contribution in [-0.2, 0) is 0 Å². The molecule has 1 atom stereocenters. The Hall–Kier alpha value is -2.17. The highest BCUT2D eigenvalue weighted by Gasteiger charge is 2.34. The van der Waals surface area contributed by atoms with Crippen LogP contribution in [0.2, 0.25) is 0 Å². The Kier molecular flexibility index (Phi) is 4.24. The summed E-state index contributed by atoms with van der Waals surface area (Å²) in [5.41, 5.74) is 5.00. The van der Waals surface area contributed by atoms with Gasteiger partial charge in [-0.15, -0.1) is 11.3 Å². The van der Waals surface area contributed by atoms with Crippen LogP contribution in [-0.4, -0.2) is 14.5 Å². The number of nitrogens with zero attached hydrogens (tertiary/aromatic N) is 2. The van der Waals surface area contributed by atoms with E-state index >= 15 is 0 Å². The van der Waals surface area contributed by atoms with Gasteiger partial charge in [0.2, 0.25) is 0 Å². The number of fused-ring (bicyclic) bond motifs is 2. The Morgan fingerprint density at radius 3 is 2.62 bits per heavy atom. The summed E-state index contributed by atoms with van der Waals surface area (Å²) >= 11 is 1.83. The van der Waals surface area contributed by atoms with Crippen molar-refractivity contribution in [1.82, 2.24) is 9.38 Å². The molecule has 0 bridgehead atoms. The third-order valence-corrected chi connectivity index (χ3v) is 8.00. The molecule has 1 aromatic carbocycles. The fraction of sp³-hybridized carbons (Fsp3) is 0.400. The van der Waals surface area contributed by atoms with Gasteiger partial charge in [0.1, 0.15) is 0 Å². The monoisotopic (exact) mass is 402 g/mol. The standard InChI is InChI=1S/C25H26N2OS/c28-25(24-22(17-3-4-17)10-9-21-14-26-15-27(21)24)19-6-1-16(2-7-19)20-8-5-18-11-12-29-23(18)13-20/h5,8-17,19,25,28H,1-4,6-7H2/t16-,19-,25-/m1/s1. The first-order valence-corrected chi connectivity index (χ1v) is 11.8. The van der Waals surface area contributed by atoms with Gasteiger partial charge in [0.15, 0.2) is 0 Å². The molecule has 0 spiro atoms. The van der Waals surface area contributed by atoms with Gasteiger partial charge < -0.3 is 9.51 Å². The number of benzene rings is 1. The Morgan fingerprint density at radius 1 is 0.966 bits per heavy atom. The maximum Gasteiger partial charge on any atom is 0.0995 e. The van der Waals surface area contributed by atoms with Crippen molar-refractivity contribution >= 4 is 26.9 Å². The Morgan fingerprint density at radius 2 is 1.79 bits per heavy atom. The molecule has 29 heavy (non-hydrogen) atoms. The van der Waals surface area contributed by atoms with Crippen molar-refractivity contribution in [3.8, 4) is 0 Å². The topological polar surface area (TPSA) is 37.5 Å². The molecule has 3 aromatic heterocycles. The number of aliphatic hydroxyl groups excluding tert-OH is 1. The fourth-order valence-corrected chi connectivity index (χ4v) is 6.14. The molecule has 148 valence electrons. The first kappa shape index (κ1) is 17.7. The summed E-state index contributed by atoms with van der Waals surface area (Å²) in [5, 5.41) is 15.0. The number of rotatable bonds is 4. The molecule has 2 aliphatic rings. The zero-order valence-electron chi connectivity index (χ0n) is 16.5. The lowest BCUT2D eigenvalue weighted by molar-refractivity contribution is 0.0754. The molecular weight excluding hydrogens is 376 g/mol. The van der Waals surface area contributed by atoms with Crippen molar-refractivity contribution in [2.45, 2.75) is 56.5 Å². The minimum Gasteiger partial charge on any atom is -0.387 e. The lowest BCUT2D eigenvalue weighted by Gasteiger charge is -2.33. The van der Waals surface area contributed by atoms with Gasteiger partial charge in [0, 0.05) is 4.70 Å². The van der Waals surface area contributed by atoms with E-state index in [9.17, 15) is 5.11 Å². The molecule has 2 fully saturated rings. The highest BCUT2D eigenvalue weighted by molar-refractivity contribution is 7.17. The smallest absolute Gasteiger partial charge is 0.0995 e. The van der Waals surface area contributed by atoms with Crippen LogP contribution >= 0.6 is 11.3 Å². The van der Waals surface area contributed by atoms with E-state index in [1.807, 2.05) is 23.9 Å². The average molecular weight is 403 g/mol. The second-order valence-corrected chi connectivity index (χ2v) is 9.86. The second-order valence-electron chi connectivity index (χ2n) is 8.91. The Balaban J connectivity index is 1.24. The van der Waals surface area contributed by atoms with Crippen molar-refractivity contribution in [2.24, 2.45) is 5.92 Å². The number of thiophene rings is 1. The Bertz CT molecular complexity index is 1160. The van der Waals surface area contributed by atoms with Gasteiger partial charge in [-0.2, -0.15) is 0 Å². The minimum atomic E-state index is -0.399. The van der Waals surface area contributed by atoms with E-state index in [2.05, 4.69) is 51.2 Å². The van der Waals surface area contributed by atoms with Crippen LogP contribution < -0.4 is 0 Å². The largest absolute Gasteiger partial charge is 0.387 e. The van der Waals surface area contributed by atoms with E-state index in [-0.39, 0.29) is 0 Å². The number of aliphatic hydroxyl groups is 1. The molecule has 2 aliphatic carbocycles. The van der Waals surface area contributed by atoms with Crippen LogP contribution in [0.4, 0.5) is 0 Å². The maximum absolute atomic E-state index is 11.4. The van der Waals surface area contributed by atoms with Gasteiger partial charge in [-0.1, -0.05) is 18.2 Å². The summed E-state index contributed by atoms with van der Waals surface area (Å²) in [6.45, 7) is 0. The molecule has 0 amide bonds. The van der Waals surface area contributed by atoms with E-state index < -0.39 is 6.10 Å². The highest BCUT2D eigenvalue weighted by atomic mass is 32.1. The van der Waals surface area contributed by atoms with Crippen molar-refractivity contribution < 1.29 is 5.11 Å². The van der Waals surface area contributed by atoms with Gasteiger partial charge in [0.05, 0.1) is 29.8 Å². The number of imidazole rings is 1. The van der Waals surface area contributed by atoms with E-state index in [0.717, 1.165) is 36.9 Å². The predicted molar refractivity (Wildman–Crippen MR) is 119 cm³/mol.